The molecule has 4 nitrogen and oxygen atoms in total. The topological polar surface area (TPSA) is 52.4 Å². The minimum atomic E-state index is -0.708. The normalized spacial score (nSPS) is 12.2. The fourth-order valence-electron chi connectivity index (χ4n) is 1.04. The van der Waals surface area contributed by atoms with Crippen LogP contribution in [0.5, 0.6) is 0 Å². The smallest absolute Gasteiger partial charge is 0.295 e. The summed E-state index contributed by atoms with van der Waals surface area (Å²) in [6.45, 7) is 9.45. The Morgan fingerprint density at radius 1 is 1.25 bits per heavy atom. The van der Waals surface area contributed by atoms with Gasteiger partial charge in [0.15, 0.2) is 0 Å². The second kappa shape index (κ2) is 3.74. The molecule has 0 fully saturated rings. The van der Waals surface area contributed by atoms with Gasteiger partial charge in [0.1, 0.15) is 5.60 Å². The van der Waals surface area contributed by atoms with E-state index >= 15 is 0 Å². The van der Waals surface area contributed by atoms with Gasteiger partial charge in [0.05, 0.1) is 0 Å². The second-order valence-corrected chi connectivity index (χ2v) is 3.81. The molecule has 0 radical (unpaired) electrons. The summed E-state index contributed by atoms with van der Waals surface area (Å²) in [5.74, 6) is 0.255. The third kappa shape index (κ3) is 2.36. The van der Waals surface area contributed by atoms with Crippen LogP contribution in [-0.2, 0) is 4.84 Å². The van der Waals surface area contributed by atoms with Crippen molar-refractivity contribution in [3.8, 4) is 0 Å². The first-order chi connectivity index (χ1) is 5.30. The molecule has 0 aromatic rings. The quantitative estimate of drug-likeness (QED) is 0.486. The van der Waals surface area contributed by atoms with Gasteiger partial charge in [0.2, 0.25) is 0 Å². The van der Waals surface area contributed by atoms with Gasteiger partial charge < -0.3 is 4.84 Å². The highest BCUT2D eigenvalue weighted by atomic mass is 17.0. The molecular weight excluding hydrogens is 158 g/mol. The van der Waals surface area contributed by atoms with Crippen LogP contribution in [0, 0.1) is 22.0 Å². The van der Waals surface area contributed by atoms with Crippen molar-refractivity contribution in [2.24, 2.45) is 11.8 Å². The maximum Gasteiger partial charge on any atom is 0.295 e. The van der Waals surface area contributed by atoms with Crippen molar-refractivity contribution in [2.45, 2.75) is 40.2 Å². The van der Waals surface area contributed by atoms with E-state index in [1.54, 1.807) is 6.92 Å². The molecule has 0 spiro atoms. The van der Waals surface area contributed by atoms with Gasteiger partial charge in [-0.2, -0.15) is 0 Å². The SMILES string of the molecule is CC(C)C(C)(O[N+](=O)[O-])C(C)C. The molecule has 0 heterocycles. The summed E-state index contributed by atoms with van der Waals surface area (Å²) < 4.78 is 0. The molecule has 0 aromatic carbocycles. The van der Waals surface area contributed by atoms with Crippen LogP contribution in [0.4, 0.5) is 0 Å². The third-order valence-corrected chi connectivity index (χ3v) is 2.56. The monoisotopic (exact) mass is 175 g/mol. The Labute approximate surface area is 73.0 Å². The van der Waals surface area contributed by atoms with Crippen molar-refractivity contribution >= 4 is 0 Å². The minimum Gasteiger partial charge on any atom is -0.307 e. The third-order valence-electron chi connectivity index (χ3n) is 2.56. The Bertz CT molecular complexity index is 158. The first-order valence-electron chi connectivity index (χ1n) is 4.14. The summed E-state index contributed by atoms with van der Waals surface area (Å²) in [5.41, 5.74) is -0.677. The predicted octanol–water partition coefficient (Wildman–Crippen LogP) is 2.27. The zero-order valence-corrected chi connectivity index (χ0v) is 8.33. The predicted molar refractivity (Wildman–Crippen MR) is 46.2 cm³/mol. The van der Waals surface area contributed by atoms with Gasteiger partial charge in [-0.1, -0.05) is 27.7 Å². The number of rotatable bonds is 4. The Morgan fingerprint density at radius 3 is 1.67 bits per heavy atom. The molecule has 0 unspecified atom stereocenters. The van der Waals surface area contributed by atoms with Crippen molar-refractivity contribution < 1.29 is 9.92 Å². The summed E-state index contributed by atoms with van der Waals surface area (Å²) in [4.78, 5) is 14.9. The standard InChI is InChI=1S/C8H17NO3/c1-6(2)8(5,7(3)4)12-9(10)11/h6-7H,1-5H3. The van der Waals surface area contributed by atoms with Crippen LogP contribution in [0.15, 0.2) is 0 Å². The molecule has 0 N–H and O–H groups in total. The van der Waals surface area contributed by atoms with Crippen molar-refractivity contribution in [3.63, 3.8) is 0 Å². The lowest BCUT2D eigenvalue weighted by Gasteiger charge is -2.34. The van der Waals surface area contributed by atoms with Crippen molar-refractivity contribution in [1.29, 1.82) is 0 Å². The van der Waals surface area contributed by atoms with E-state index in [1.807, 2.05) is 27.7 Å². The zero-order valence-electron chi connectivity index (χ0n) is 8.33. The number of hydrogen-bond donors (Lipinski definition) is 0. The molecule has 0 aromatic heterocycles. The Balaban J connectivity index is 4.51. The van der Waals surface area contributed by atoms with E-state index in [2.05, 4.69) is 4.84 Å². The van der Waals surface area contributed by atoms with E-state index in [1.165, 1.54) is 0 Å². The summed E-state index contributed by atoms with van der Waals surface area (Å²) in [5, 5.41) is 9.50. The average molecular weight is 175 g/mol. The molecule has 0 bridgehead atoms. The van der Waals surface area contributed by atoms with E-state index in [-0.39, 0.29) is 11.8 Å². The molecule has 4 heteroatoms. The van der Waals surface area contributed by atoms with Crippen LogP contribution in [0.25, 0.3) is 0 Å². The van der Waals surface area contributed by atoms with Crippen molar-refractivity contribution in [2.75, 3.05) is 0 Å². The van der Waals surface area contributed by atoms with Crippen LogP contribution in [0.2, 0.25) is 0 Å². The fraction of sp³-hybridized carbons (Fsp3) is 1.00. The Hall–Kier alpha value is -0.800. The van der Waals surface area contributed by atoms with Crippen molar-refractivity contribution in [3.05, 3.63) is 10.1 Å². The molecule has 0 aliphatic carbocycles. The highest BCUT2D eigenvalue weighted by Crippen LogP contribution is 2.29. The molecule has 0 rings (SSSR count). The molecular formula is C8H17NO3. The van der Waals surface area contributed by atoms with E-state index in [4.69, 9.17) is 0 Å². The molecule has 0 aliphatic heterocycles. The van der Waals surface area contributed by atoms with Gasteiger partial charge in [-0.25, -0.2) is 0 Å². The van der Waals surface area contributed by atoms with E-state index in [0.29, 0.717) is 0 Å². The average Bonchev–Trinajstić information content (AvgIpc) is 1.84. The number of nitrogens with zero attached hydrogens (tertiary/aromatic N) is 1. The summed E-state index contributed by atoms with van der Waals surface area (Å²) in [7, 11) is 0. The largest absolute Gasteiger partial charge is 0.307 e. The highest BCUT2D eigenvalue weighted by Gasteiger charge is 2.35. The fourth-order valence-corrected chi connectivity index (χ4v) is 1.04. The van der Waals surface area contributed by atoms with Crippen LogP contribution in [0.3, 0.4) is 0 Å². The molecule has 0 amide bonds. The summed E-state index contributed by atoms with van der Waals surface area (Å²) >= 11 is 0. The van der Waals surface area contributed by atoms with Crippen LogP contribution in [-0.4, -0.2) is 10.7 Å². The first-order valence-corrected chi connectivity index (χ1v) is 4.14. The molecule has 12 heavy (non-hydrogen) atoms. The molecule has 0 saturated carbocycles. The molecule has 0 aliphatic rings. The molecule has 0 saturated heterocycles. The lowest BCUT2D eigenvalue weighted by atomic mass is 9.82. The maximum absolute atomic E-state index is 10.2. The Morgan fingerprint density at radius 2 is 1.58 bits per heavy atom. The van der Waals surface area contributed by atoms with Crippen molar-refractivity contribution in [1.82, 2.24) is 0 Å². The van der Waals surface area contributed by atoms with Gasteiger partial charge in [0, 0.05) is 0 Å². The van der Waals surface area contributed by atoms with Gasteiger partial charge in [0.25, 0.3) is 5.09 Å². The van der Waals surface area contributed by atoms with E-state index < -0.39 is 10.7 Å². The molecule has 0 atom stereocenters. The van der Waals surface area contributed by atoms with Gasteiger partial charge in [-0.15, -0.1) is 10.1 Å². The van der Waals surface area contributed by atoms with Gasteiger partial charge in [-0.05, 0) is 18.8 Å². The lowest BCUT2D eigenvalue weighted by molar-refractivity contribution is -0.785. The number of hydrogen-bond acceptors (Lipinski definition) is 3. The summed E-state index contributed by atoms with van der Waals surface area (Å²) in [6.07, 6.45) is 0. The maximum atomic E-state index is 10.2. The summed E-state index contributed by atoms with van der Waals surface area (Å²) in [6, 6.07) is 0. The van der Waals surface area contributed by atoms with Crippen LogP contribution < -0.4 is 0 Å². The van der Waals surface area contributed by atoms with Gasteiger partial charge >= 0.3 is 0 Å². The van der Waals surface area contributed by atoms with E-state index in [9.17, 15) is 10.1 Å². The lowest BCUT2D eigenvalue weighted by Crippen LogP contribution is -2.42. The Kier molecular flexibility index (Phi) is 3.49. The van der Waals surface area contributed by atoms with E-state index in [0.717, 1.165) is 0 Å². The molecule has 72 valence electrons. The highest BCUT2D eigenvalue weighted by molar-refractivity contribution is 4.80. The van der Waals surface area contributed by atoms with Crippen LogP contribution >= 0.6 is 0 Å². The zero-order chi connectivity index (χ0) is 9.94. The van der Waals surface area contributed by atoms with Crippen LogP contribution in [0.1, 0.15) is 34.6 Å². The van der Waals surface area contributed by atoms with Gasteiger partial charge in [-0.3, -0.25) is 0 Å². The first kappa shape index (κ1) is 11.2. The minimum absolute atomic E-state index is 0.128. The second-order valence-electron chi connectivity index (χ2n) is 3.81.